The monoisotopic (exact) mass is 436 g/mol. The van der Waals surface area contributed by atoms with Crippen LogP contribution < -0.4 is 15.5 Å². The molecule has 3 aromatic rings. The molecule has 2 amide bonds. The first-order chi connectivity index (χ1) is 15.5. The van der Waals surface area contributed by atoms with E-state index in [0.717, 1.165) is 27.8 Å². The van der Waals surface area contributed by atoms with Crippen LogP contribution in [0.5, 0.6) is 5.75 Å². The van der Waals surface area contributed by atoms with Gasteiger partial charge in [0.25, 0.3) is 5.91 Å². The Labute approximate surface area is 187 Å². The molecule has 0 aliphatic heterocycles. The molecule has 1 atom stereocenters. The molecule has 0 spiro atoms. The molecule has 1 heterocycles. The van der Waals surface area contributed by atoms with Gasteiger partial charge in [-0.1, -0.05) is 32.0 Å². The van der Waals surface area contributed by atoms with Crippen LogP contribution >= 0.6 is 0 Å². The highest BCUT2D eigenvalue weighted by molar-refractivity contribution is 5.89. The lowest BCUT2D eigenvalue weighted by Crippen LogP contribution is -2.47. The lowest BCUT2D eigenvalue weighted by molar-refractivity contribution is -0.123. The molecule has 8 nitrogen and oxygen atoms in total. The number of benzene rings is 2. The maximum absolute atomic E-state index is 12.8. The number of alkyl carbamates (subject to hydrolysis) is 1. The highest BCUT2D eigenvalue weighted by Gasteiger charge is 2.23. The van der Waals surface area contributed by atoms with E-state index in [-0.39, 0.29) is 18.9 Å². The van der Waals surface area contributed by atoms with Crippen molar-refractivity contribution in [2.45, 2.75) is 26.3 Å². The summed E-state index contributed by atoms with van der Waals surface area (Å²) in [4.78, 5) is 28.3. The molecule has 168 valence electrons. The second kappa shape index (κ2) is 11.0. The van der Waals surface area contributed by atoms with Crippen LogP contribution in [0.15, 0.2) is 59.8 Å². The summed E-state index contributed by atoms with van der Waals surface area (Å²) in [6.45, 7) is 4.15. The number of amides is 2. The number of carbonyl (C=O) groups is 2. The number of carbonyl (C=O) groups excluding carboxylic acids is 2. The number of fused-ring (bicyclic) bond motifs is 1. The van der Waals surface area contributed by atoms with E-state index in [2.05, 4.69) is 20.8 Å². The Morgan fingerprint density at radius 2 is 1.88 bits per heavy atom. The van der Waals surface area contributed by atoms with Gasteiger partial charge < -0.3 is 19.8 Å². The van der Waals surface area contributed by atoms with Crippen LogP contribution in [0.3, 0.4) is 0 Å². The Hall–Kier alpha value is -3.81. The molecule has 0 radical (unpaired) electrons. The molecule has 3 rings (SSSR count). The molecular weight excluding hydrogens is 408 g/mol. The topological polar surface area (TPSA) is 105 Å². The maximum Gasteiger partial charge on any atom is 0.407 e. The summed E-state index contributed by atoms with van der Waals surface area (Å²) in [5, 5.41) is 7.68. The number of aromatic nitrogens is 1. The number of ether oxygens (including phenoxy) is 2. The second-order valence-electron chi connectivity index (χ2n) is 7.76. The summed E-state index contributed by atoms with van der Waals surface area (Å²) in [5.41, 5.74) is 5.17. The molecule has 2 aromatic carbocycles. The first-order valence-electron chi connectivity index (χ1n) is 10.4. The Kier molecular flexibility index (Phi) is 7.85. The van der Waals surface area contributed by atoms with Gasteiger partial charge in [0.15, 0.2) is 0 Å². The van der Waals surface area contributed by atoms with Crippen LogP contribution in [-0.2, 0) is 16.0 Å². The summed E-state index contributed by atoms with van der Waals surface area (Å²) in [7, 11) is 1.59. The third-order valence-electron chi connectivity index (χ3n) is 4.76. The average Bonchev–Trinajstić information content (AvgIpc) is 3.20. The summed E-state index contributed by atoms with van der Waals surface area (Å²) in [6.07, 6.45) is 3.01. The lowest BCUT2D eigenvalue weighted by atomic mass is 10.0. The quantitative estimate of drug-likeness (QED) is 0.352. The molecule has 32 heavy (non-hydrogen) atoms. The van der Waals surface area contributed by atoms with E-state index >= 15 is 0 Å². The minimum Gasteiger partial charge on any atom is -0.497 e. The Morgan fingerprint density at radius 3 is 2.59 bits per heavy atom. The van der Waals surface area contributed by atoms with Gasteiger partial charge in [-0.3, -0.25) is 4.79 Å². The predicted octanol–water partition coefficient (Wildman–Crippen LogP) is 3.62. The predicted molar refractivity (Wildman–Crippen MR) is 124 cm³/mol. The zero-order chi connectivity index (χ0) is 22.9. The van der Waals surface area contributed by atoms with E-state index in [0.29, 0.717) is 0 Å². The van der Waals surface area contributed by atoms with Gasteiger partial charge in [-0.15, -0.1) is 0 Å². The molecular formula is C24H28N4O4. The molecule has 3 N–H and O–H groups in total. The van der Waals surface area contributed by atoms with Gasteiger partial charge in [0, 0.05) is 23.5 Å². The van der Waals surface area contributed by atoms with Gasteiger partial charge in [-0.2, -0.15) is 5.10 Å². The highest BCUT2D eigenvalue weighted by Crippen LogP contribution is 2.19. The third kappa shape index (κ3) is 6.34. The molecule has 0 fully saturated rings. The number of nitrogens with one attached hydrogen (secondary N) is 3. The minimum atomic E-state index is -0.859. The zero-order valence-electron chi connectivity index (χ0n) is 18.4. The molecule has 0 aliphatic carbocycles. The van der Waals surface area contributed by atoms with Gasteiger partial charge in [0.2, 0.25) is 0 Å². The number of methoxy groups -OCH3 is 1. The van der Waals surface area contributed by atoms with Crippen LogP contribution in [0.25, 0.3) is 10.9 Å². The van der Waals surface area contributed by atoms with E-state index in [1.54, 1.807) is 19.2 Å². The number of nitrogens with zero attached hydrogens (tertiary/aromatic N) is 1. The molecule has 0 unspecified atom stereocenters. The molecule has 1 aromatic heterocycles. The van der Waals surface area contributed by atoms with Crippen molar-refractivity contribution in [2.24, 2.45) is 11.0 Å². The lowest BCUT2D eigenvalue weighted by Gasteiger charge is -2.17. The number of H-pyrrole nitrogens is 1. The van der Waals surface area contributed by atoms with Crippen LogP contribution in [0.1, 0.15) is 25.0 Å². The number of hydrogen-bond donors (Lipinski definition) is 3. The number of hydrazone groups is 1. The maximum atomic E-state index is 12.8. The van der Waals surface area contributed by atoms with E-state index < -0.39 is 18.0 Å². The largest absolute Gasteiger partial charge is 0.497 e. The van der Waals surface area contributed by atoms with Crippen molar-refractivity contribution in [3.8, 4) is 5.75 Å². The van der Waals surface area contributed by atoms with E-state index in [9.17, 15) is 9.59 Å². The smallest absolute Gasteiger partial charge is 0.407 e. The van der Waals surface area contributed by atoms with E-state index in [1.807, 2.05) is 56.4 Å². The molecule has 0 bridgehead atoms. The van der Waals surface area contributed by atoms with Crippen LogP contribution in [-0.4, -0.2) is 43.0 Å². The molecule has 0 aliphatic rings. The standard InChI is InChI=1S/C24H28N4O4/c1-16(2)15-32-24(30)27-22(12-18-14-25-21-7-5-4-6-20(18)21)23(29)28-26-13-17-8-10-19(31-3)11-9-17/h4-11,13-14,16,22,25H,12,15H2,1-3H3,(H,27,30)(H,28,29)/b26-13-/t22-/m1/s1. The number of hydrogen-bond acceptors (Lipinski definition) is 5. The zero-order valence-corrected chi connectivity index (χ0v) is 18.4. The summed E-state index contributed by atoms with van der Waals surface area (Å²) >= 11 is 0. The van der Waals surface area contributed by atoms with Gasteiger partial charge >= 0.3 is 6.09 Å². The summed E-state index contributed by atoms with van der Waals surface area (Å²) in [6, 6.07) is 14.2. The van der Waals surface area contributed by atoms with Gasteiger partial charge in [-0.05, 0) is 47.4 Å². The summed E-state index contributed by atoms with van der Waals surface area (Å²) < 4.78 is 10.3. The van der Waals surface area contributed by atoms with Crippen molar-refractivity contribution in [1.82, 2.24) is 15.7 Å². The van der Waals surface area contributed by atoms with E-state index in [4.69, 9.17) is 9.47 Å². The van der Waals surface area contributed by atoms with Crippen LogP contribution in [0.4, 0.5) is 4.79 Å². The first kappa shape index (κ1) is 22.9. The first-order valence-corrected chi connectivity index (χ1v) is 10.4. The van der Waals surface area contributed by atoms with Crippen molar-refractivity contribution in [3.05, 3.63) is 65.9 Å². The van der Waals surface area contributed by atoms with Crippen molar-refractivity contribution < 1.29 is 19.1 Å². The van der Waals surface area contributed by atoms with Crippen molar-refractivity contribution in [2.75, 3.05) is 13.7 Å². The molecule has 0 saturated heterocycles. The highest BCUT2D eigenvalue weighted by atomic mass is 16.5. The van der Waals surface area contributed by atoms with E-state index in [1.165, 1.54) is 6.21 Å². The fourth-order valence-corrected chi connectivity index (χ4v) is 3.09. The Balaban J connectivity index is 1.70. The minimum absolute atomic E-state index is 0.191. The SMILES string of the molecule is COc1ccc(/C=N\NC(=O)[C@@H](Cc2c[nH]c3ccccc23)NC(=O)OCC(C)C)cc1. The van der Waals surface area contributed by atoms with Gasteiger partial charge in [0.1, 0.15) is 11.8 Å². The van der Waals surface area contributed by atoms with Crippen LogP contribution in [0, 0.1) is 5.92 Å². The third-order valence-corrected chi connectivity index (χ3v) is 4.76. The van der Waals surface area contributed by atoms with Gasteiger partial charge in [0.05, 0.1) is 19.9 Å². The van der Waals surface area contributed by atoms with Crippen molar-refractivity contribution >= 4 is 29.1 Å². The fraction of sp³-hybridized carbons (Fsp3) is 0.292. The number of para-hydroxylation sites is 1. The second-order valence-corrected chi connectivity index (χ2v) is 7.76. The van der Waals surface area contributed by atoms with Crippen LogP contribution in [0.2, 0.25) is 0 Å². The molecule has 0 saturated carbocycles. The Morgan fingerprint density at radius 1 is 1.12 bits per heavy atom. The summed E-state index contributed by atoms with van der Waals surface area (Å²) in [5.74, 6) is 0.478. The number of aromatic amines is 1. The van der Waals surface area contributed by atoms with Gasteiger partial charge in [-0.25, -0.2) is 10.2 Å². The van der Waals surface area contributed by atoms with Crippen molar-refractivity contribution in [1.29, 1.82) is 0 Å². The number of rotatable bonds is 9. The molecule has 8 heteroatoms. The average molecular weight is 437 g/mol. The Bertz CT molecular complexity index is 1070. The van der Waals surface area contributed by atoms with Crippen molar-refractivity contribution in [3.63, 3.8) is 0 Å². The normalized spacial score (nSPS) is 12.1. The fourth-order valence-electron chi connectivity index (χ4n) is 3.09.